The molecular formula is C19H23NO3. The van der Waals surface area contributed by atoms with Crippen LogP contribution in [0.4, 0.5) is 5.69 Å². The molecule has 1 aliphatic rings. The number of anilines is 1. The molecule has 2 heterocycles. The summed E-state index contributed by atoms with van der Waals surface area (Å²) in [5, 5.41) is 0. The van der Waals surface area contributed by atoms with Gasteiger partial charge in [0, 0.05) is 30.1 Å². The molecule has 0 radical (unpaired) electrons. The van der Waals surface area contributed by atoms with E-state index in [0.717, 1.165) is 29.0 Å². The lowest BCUT2D eigenvalue weighted by molar-refractivity contribution is 0.326. The molecule has 0 spiro atoms. The van der Waals surface area contributed by atoms with Gasteiger partial charge < -0.3 is 14.1 Å². The quantitative estimate of drug-likeness (QED) is 0.863. The Balaban J connectivity index is 2.27. The minimum absolute atomic E-state index is 0.292. The molecule has 0 unspecified atom stereocenters. The van der Waals surface area contributed by atoms with Gasteiger partial charge in [-0.3, -0.25) is 0 Å². The summed E-state index contributed by atoms with van der Waals surface area (Å²) in [6.45, 7) is 9.14. The largest absolute Gasteiger partial charge is 0.492 e. The zero-order chi connectivity index (χ0) is 16.6. The number of fused-ring (bicyclic) bond motifs is 3. The molecule has 0 saturated carbocycles. The van der Waals surface area contributed by atoms with Crippen LogP contribution in [0.2, 0.25) is 0 Å². The maximum Gasteiger partial charge on any atom is 0.338 e. The zero-order valence-electron chi connectivity index (χ0n) is 14.1. The van der Waals surface area contributed by atoms with Gasteiger partial charge in [0.25, 0.3) is 0 Å². The second kappa shape index (κ2) is 6.11. The van der Waals surface area contributed by atoms with Crippen molar-refractivity contribution in [2.75, 3.05) is 11.5 Å². The van der Waals surface area contributed by atoms with E-state index >= 15 is 0 Å². The van der Waals surface area contributed by atoms with Crippen molar-refractivity contribution >= 4 is 5.69 Å². The first kappa shape index (κ1) is 15.7. The summed E-state index contributed by atoms with van der Waals surface area (Å²) in [5.41, 5.74) is 2.55. The first-order valence-corrected chi connectivity index (χ1v) is 8.16. The lowest BCUT2D eigenvalue weighted by atomic mass is 10.0. The van der Waals surface area contributed by atoms with Crippen LogP contribution in [0.5, 0.6) is 5.75 Å². The van der Waals surface area contributed by atoms with E-state index in [2.05, 4.69) is 32.6 Å². The molecule has 1 aliphatic heterocycles. The first-order chi connectivity index (χ1) is 11.0. The van der Waals surface area contributed by atoms with Crippen molar-refractivity contribution in [3.05, 3.63) is 46.3 Å². The molecule has 0 saturated heterocycles. The highest BCUT2D eigenvalue weighted by Gasteiger charge is 2.26. The van der Waals surface area contributed by atoms with Crippen molar-refractivity contribution in [2.24, 2.45) is 0 Å². The van der Waals surface area contributed by atoms with Crippen LogP contribution >= 0.6 is 0 Å². The lowest BCUT2D eigenvalue weighted by Crippen LogP contribution is -2.38. The maximum absolute atomic E-state index is 12.2. The Bertz CT molecular complexity index is 753. The smallest absolute Gasteiger partial charge is 0.338 e. The Morgan fingerprint density at radius 2 is 1.78 bits per heavy atom. The summed E-state index contributed by atoms with van der Waals surface area (Å²) in [4.78, 5) is 14.5. The fourth-order valence-corrected chi connectivity index (χ4v) is 3.39. The third-order valence-electron chi connectivity index (χ3n) is 4.17. The molecule has 0 atom stereocenters. The van der Waals surface area contributed by atoms with Crippen molar-refractivity contribution in [3.63, 3.8) is 0 Å². The number of benzene rings is 1. The molecule has 0 aliphatic carbocycles. The molecule has 0 amide bonds. The molecule has 3 rings (SSSR count). The average Bonchev–Trinajstić information content (AvgIpc) is 2.66. The number of ether oxygens (including phenoxy) is 1. The number of para-hydroxylation sites is 1. The van der Waals surface area contributed by atoms with Crippen LogP contribution in [-0.2, 0) is 6.42 Å². The summed E-state index contributed by atoms with van der Waals surface area (Å²) in [5.74, 6) is 1.42. The summed E-state index contributed by atoms with van der Waals surface area (Å²) in [7, 11) is 0. The highest BCUT2D eigenvalue weighted by atomic mass is 16.5. The van der Waals surface area contributed by atoms with E-state index in [4.69, 9.17) is 9.15 Å². The molecule has 4 heteroatoms. The van der Waals surface area contributed by atoms with E-state index in [9.17, 15) is 4.79 Å². The molecule has 1 aromatic carbocycles. The predicted molar refractivity (Wildman–Crippen MR) is 92.4 cm³/mol. The van der Waals surface area contributed by atoms with Gasteiger partial charge in [-0.05, 0) is 39.8 Å². The third-order valence-corrected chi connectivity index (χ3v) is 4.17. The molecule has 0 N–H and O–H groups in total. The van der Waals surface area contributed by atoms with Crippen molar-refractivity contribution in [1.29, 1.82) is 0 Å². The van der Waals surface area contributed by atoms with Crippen LogP contribution in [0, 0.1) is 0 Å². The second-order valence-electron chi connectivity index (χ2n) is 6.45. The summed E-state index contributed by atoms with van der Waals surface area (Å²) in [6, 6.07) is 9.93. The van der Waals surface area contributed by atoms with Gasteiger partial charge in [-0.25, -0.2) is 4.79 Å². The van der Waals surface area contributed by atoms with Crippen LogP contribution in [-0.4, -0.2) is 18.7 Å². The van der Waals surface area contributed by atoms with E-state index in [-0.39, 0.29) is 5.63 Å². The van der Waals surface area contributed by atoms with Gasteiger partial charge in [-0.15, -0.1) is 0 Å². The molecule has 122 valence electrons. The van der Waals surface area contributed by atoms with Gasteiger partial charge in [0.2, 0.25) is 0 Å². The second-order valence-corrected chi connectivity index (χ2v) is 6.45. The van der Waals surface area contributed by atoms with Gasteiger partial charge in [0.15, 0.2) is 0 Å². The van der Waals surface area contributed by atoms with Crippen LogP contribution in [0.15, 0.2) is 39.5 Å². The fourth-order valence-electron chi connectivity index (χ4n) is 3.39. The Morgan fingerprint density at radius 1 is 1.09 bits per heavy atom. The van der Waals surface area contributed by atoms with Crippen LogP contribution in [0.3, 0.4) is 0 Å². The fraction of sp³-hybridized carbons (Fsp3) is 0.421. The third kappa shape index (κ3) is 2.85. The van der Waals surface area contributed by atoms with E-state index in [1.165, 1.54) is 0 Å². The van der Waals surface area contributed by atoms with Crippen LogP contribution in [0.1, 0.15) is 33.3 Å². The number of hydrogen-bond donors (Lipinski definition) is 0. The van der Waals surface area contributed by atoms with Crippen LogP contribution in [0.25, 0.3) is 11.3 Å². The van der Waals surface area contributed by atoms with Crippen molar-refractivity contribution in [1.82, 2.24) is 0 Å². The highest BCUT2D eigenvalue weighted by Crippen LogP contribution is 2.38. The molecule has 23 heavy (non-hydrogen) atoms. The number of hydrogen-bond acceptors (Lipinski definition) is 4. The Morgan fingerprint density at radius 3 is 2.48 bits per heavy atom. The number of nitrogens with zero attached hydrogens (tertiary/aromatic N) is 1. The molecule has 0 bridgehead atoms. The predicted octanol–water partition coefficient (Wildman–Crippen LogP) is 3.86. The van der Waals surface area contributed by atoms with Gasteiger partial charge in [0.05, 0.1) is 17.9 Å². The molecule has 2 aromatic rings. The normalized spacial score (nSPS) is 13.3. The van der Waals surface area contributed by atoms with Crippen molar-refractivity contribution in [3.8, 4) is 17.1 Å². The van der Waals surface area contributed by atoms with E-state index in [0.29, 0.717) is 24.5 Å². The van der Waals surface area contributed by atoms with Crippen molar-refractivity contribution in [2.45, 2.75) is 46.2 Å². The lowest BCUT2D eigenvalue weighted by Gasteiger charge is -2.34. The highest BCUT2D eigenvalue weighted by molar-refractivity contribution is 5.74. The Kier molecular flexibility index (Phi) is 4.16. The standard InChI is InChI=1S/C19H23NO3/c1-12(2)20(13(3)4)16-11-18(21)23-19-14(16)9-10-22-17-8-6-5-7-15(17)19/h5-8,11-13H,9-10H2,1-4H3. The van der Waals surface area contributed by atoms with Gasteiger partial charge in [0.1, 0.15) is 11.5 Å². The van der Waals surface area contributed by atoms with E-state index < -0.39 is 0 Å². The first-order valence-electron chi connectivity index (χ1n) is 8.16. The van der Waals surface area contributed by atoms with Crippen LogP contribution < -0.4 is 15.3 Å². The van der Waals surface area contributed by atoms with E-state index in [1.807, 2.05) is 24.3 Å². The summed E-state index contributed by atoms with van der Waals surface area (Å²) >= 11 is 0. The van der Waals surface area contributed by atoms with E-state index in [1.54, 1.807) is 6.07 Å². The Hall–Kier alpha value is -2.23. The summed E-state index contributed by atoms with van der Waals surface area (Å²) < 4.78 is 11.4. The maximum atomic E-state index is 12.2. The molecule has 4 nitrogen and oxygen atoms in total. The topological polar surface area (TPSA) is 42.7 Å². The minimum atomic E-state index is -0.318. The number of rotatable bonds is 3. The molecular weight excluding hydrogens is 290 g/mol. The van der Waals surface area contributed by atoms with Gasteiger partial charge >= 0.3 is 5.63 Å². The minimum Gasteiger partial charge on any atom is -0.492 e. The Labute approximate surface area is 136 Å². The molecule has 0 fully saturated rings. The van der Waals surface area contributed by atoms with Gasteiger partial charge in [-0.1, -0.05) is 12.1 Å². The average molecular weight is 313 g/mol. The van der Waals surface area contributed by atoms with Crippen molar-refractivity contribution < 1.29 is 9.15 Å². The zero-order valence-corrected chi connectivity index (χ0v) is 14.1. The monoisotopic (exact) mass is 313 g/mol. The van der Waals surface area contributed by atoms with Gasteiger partial charge in [-0.2, -0.15) is 0 Å². The SMILES string of the molecule is CC(C)N(c1cc(=O)oc2c1CCOc1ccccc1-2)C(C)C. The molecule has 1 aromatic heterocycles. The summed E-state index contributed by atoms with van der Waals surface area (Å²) in [6.07, 6.45) is 0.721.